The Morgan fingerprint density at radius 3 is 2.85 bits per heavy atom. The van der Waals surface area contributed by atoms with Crippen molar-refractivity contribution >= 4 is 51.9 Å². The molecule has 27 heavy (non-hydrogen) atoms. The summed E-state index contributed by atoms with van der Waals surface area (Å²) in [6, 6.07) is 13.5. The lowest BCUT2D eigenvalue weighted by Crippen LogP contribution is -2.27. The third-order valence-corrected chi connectivity index (χ3v) is 5.53. The molecule has 1 aliphatic heterocycles. The summed E-state index contributed by atoms with van der Waals surface area (Å²) in [5.41, 5.74) is 3.00. The molecule has 138 valence electrons. The summed E-state index contributed by atoms with van der Waals surface area (Å²) in [5.74, 6) is 0.532. The third-order valence-electron chi connectivity index (χ3n) is 3.92. The lowest BCUT2D eigenvalue weighted by molar-refractivity contribution is -0.121. The SMILES string of the molecule is C=CCN1C(=O)/C(=C/c2cc(Cl)ccc2OCc2cccc(C)c2)SC1=S. The molecule has 1 amide bonds. The van der Waals surface area contributed by atoms with Crippen LogP contribution in [-0.2, 0) is 11.4 Å². The Balaban J connectivity index is 1.85. The van der Waals surface area contributed by atoms with Crippen LogP contribution in [0.15, 0.2) is 60.0 Å². The molecule has 1 fully saturated rings. The van der Waals surface area contributed by atoms with Crippen molar-refractivity contribution in [1.29, 1.82) is 0 Å². The van der Waals surface area contributed by atoms with Gasteiger partial charge in [-0.05, 0) is 36.8 Å². The average Bonchev–Trinajstić information content (AvgIpc) is 2.89. The van der Waals surface area contributed by atoms with Crippen LogP contribution in [0.25, 0.3) is 6.08 Å². The van der Waals surface area contributed by atoms with Crippen LogP contribution in [0.4, 0.5) is 0 Å². The minimum atomic E-state index is -0.130. The lowest BCUT2D eigenvalue weighted by Gasteiger charge is -2.11. The molecule has 3 rings (SSSR count). The van der Waals surface area contributed by atoms with E-state index in [1.807, 2.05) is 31.2 Å². The van der Waals surface area contributed by atoms with E-state index in [-0.39, 0.29) is 5.91 Å². The van der Waals surface area contributed by atoms with Crippen molar-refractivity contribution in [3.63, 3.8) is 0 Å². The van der Waals surface area contributed by atoms with Crippen LogP contribution in [0.5, 0.6) is 5.75 Å². The molecular weight excluding hydrogens is 398 g/mol. The Morgan fingerprint density at radius 1 is 1.30 bits per heavy atom. The van der Waals surface area contributed by atoms with Gasteiger partial charge in [-0.3, -0.25) is 9.69 Å². The molecule has 0 spiro atoms. The van der Waals surface area contributed by atoms with Gasteiger partial charge in [0.25, 0.3) is 5.91 Å². The molecule has 0 radical (unpaired) electrons. The van der Waals surface area contributed by atoms with Crippen LogP contribution in [0.3, 0.4) is 0 Å². The van der Waals surface area contributed by atoms with Gasteiger partial charge in [0.1, 0.15) is 16.7 Å². The van der Waals surface area contributed by atoms with E-state index in [2.05, 4.69) is 12.6 Å². The van der Waals surface area contributed by atoms with Gasteiger partial charge >= 0.3 is 0 Å². The zero-order valence-electron chi connectivity index (χ0n) is 14.8. The van der Waals surface area contributed by atoms with Crippen molar-refractivity contribution in [2.24, 2.45) is 0 Å². The number of rotatable bonds is 6. The number of thioether (sulfide) groups is 1. The number of nitrogens with zero attached hydrogens (tertiary/aromatic N) is 1. The summed E-state index contributed by atoms with van der Waals surface area (Å²) in [4.78, 5) is 14.6. The van der Waals surface area contributed by atoms with Gasteiger partial charge in [-0.25, -0.2) is 0 Å². The van der Waals surface area contributed by atoms with Crippen molar-refractivity contribution in [3.05, 3.63) is 81.7 Å². The molecule has 0 aromatic heterocycles. The standard InChI is InChI=1S/C21H18ClNO2S2/c1-3-9-23-20(24)19(27-21(23)26)12-16-11-17(22)7-8-18(16)25-13-15-6-4-5-14(2)10-15/h3-8,10-12H,1,9,13H2,2H3/b19-12-. The van der Waals surface area contributed by atoms with E-state index in [1.54, 1.807) is 24.3 Å². The Morgan fingerprint density at radius 2 is 2.11 bits per heavy atom. The highest BCUT2D eigenvalue weighted by atomic mass is 35.5. The largest absolute Gasteiger partial charge is 0.488 e. The first-order valence-electron chi connectivity index (χ1n) is 8.32. The van der Waals surface area contributed by atoms with E-state index in [4.69, 9.17) is 28.6 Å². The summed E-state index contributed by atoms with van der Waals surface area (Å²) in [6.07, 6.45) is 3.43. The highest BCUT2D eigenvalue weighted by molar-refractivity contribution is 8.26. The Labute approximate surface area is 173 Å². The van der Waals surface area contributed by atoms with E-state index in [0.29, 0.717) is 33.1 Å². The first kappa shape index (κ1) is 19.7. The molecule has 0 unspecified atom stereocenters. The quantitative estimate of drug-likeness (QED) is 0.348. The number of hydrogen-bond acceptors (Lipinski definition) is 4. The molecule has 1 saturated heterocycles. The molecule has 1 aliphatic rings. The molecule has 0 bridgehead atoms. The van der Waals surface area contributed by atoms with Gasteiger partial charge in [0.2, 0.25) is 0 Å². The predicted octanol–water partition coefficient (Wildman–Crippen LogP) is 5.61. The summed E-state index contributed by atoms with van der Waals surface area (Å²) in [7, 11) is 0. The maximum absolute atomic E-state index is 12.6. The zero-order valence-corrected chi connectivity index (χ0v) is 17.2. The van der Waals surface area contributed by atoms with Gasteiger partial charge in [-0.1, -0.05) is 71.5 Å². The van der Waals surface area contributed by atoms with Gasteiger partial charge in [-0.2, -0.15) is 0 Å². The number of amides is 1. The number of halogens is 1. The van der Waals surface area contributed by atoms with Gasteiger partial charge < -0.3 is 4.74 Å². The van der Waals surface area contributed by atoms with Crippen molar-refractivity contribution < 1.29 is 9.53 Å². The summed E-state index contributed by atoms with van der Waals surface area (Å²) in [6.45, 7) is 6.54. The molecule has 0 aliphatic carbocycles. The number of carbonyl (C=O) groups is 1. The number of hydrogen-bond donors (Lipinski definition) is 0. The number of carbonyl (C=O) groups excluding carboxylic acids is 1. The summed E-state index contributed by atoms with van der Waals surface area (Å²) in [5, 5.41) is 0.575. The molecular formula is C21H18ClNO2S2. The van der Waals surface area contributed by atoms with E-state index < -0.39 is 0 Å². The third kappa shape index (κ3) is 4.80. The van der Waals surface area contributed by atoms with E-state index in [0.717, 1.165) is 11.1 Å². The molecule has 2 aromatic rings. The van der Waals surface area contributed by atoms with Crippen molar-refractivity contribution in [2.75, 3.05) is 6.54 Å². The first-order chi connectivity index (χ1) is 13.0. The molecule has 6 heteroatoms. The monoisotopic (exact) mass is 415 g/mol. The van der Waals surface area contributed by atoms with Gasteiger partial charge in [0.05, 0.1) is 4.91 Å². The molecule has 2 aromatic carbocycles. The second kappa shape index (κ2) is 8.74. The second-order valence-corrected chi connectivity index (χ2v) is 8.15. The van der Waals surface area contributed by atoms with E-state index in [9.17, 15) is 4.79 Å². The van der Waals surface area contributed by atoms with E-state index in [1.165, 1.54) is 22.2 Å². The highest BCUT2D eigenvalue weighted by Crippen LogP contribution is 2.35. The Hall–Kier alpha value is -2.08. The van der Waals surface area contributed by atoms with Crippen LogP contribution in [-0.4, -0.2) is 21.7 Å². The fourth-order valence-corrected chi connectivity index (χ4v) is 4.10. The topological polar surface area (TPSA) is 29.5 Å². The van der Waals surface area contributed by atoms with Gasteiger partial charge in [0, 0.05) is 17.1 Å². The van der Waals surface area contributed by atoms with Crippen LogP contribution in [0.2, 0.25) is 5.02 Å². The molecule has 0 saturated carbocycles. The fraction of sp³-hybridized carbons (Fsp3) is 0.143. The zero-order chi connectivity index (χ0) is 19.4. The molecule has 0 atom stereocenters. The summed E-state index contributed by atoms with van der Waals surface area (Å²) < 4.78 is 6.52. The summed E-state index contributed by atoms with van der Waals surface area (Å²) >= 11 is 12.7. The lowest BCUT2D eigenvalue weighted by atomic mass is 10.1. The Kier molecular flexibility index (Phi) is 6.37. The van der Waals surface area contributed by atoms with Crippen LogP contribution >= 0.6 is 35.6 Å². The molecule has 0 N–H and O–H groups in total. The molecule has 1 heterocycles. The van der Waals surface area contributed by atoms with Crippen molar-refractivity contribution in [2.45, 2.75) is 13.5 Å². The second-order valence-electron chi connectivity index (χ2n) is 6.04. The first-order valence-corrected chi connectivity index (χ1v) is 9.92. The smallest absolute Gasteiger partial charge is 0.266 e. The van der Waals surface area contributed by atoms with Crippen LogP contribution in [0, 0.1) is 6.92 Å². The maximum Gasteiger partial charge on any atom is 0.266 e. The average molecular weight is 416 g/mol. The van der Waals surface area contributed by atoms with Gasteiger partial charge in [-0.15, -0.1) is 6.58 Å². The van der Waals surface area contributed by atoms with Gasteiger partial charge in [0.15, 0.2) is 0 Å². The number of aryl methyl sites for hydroxylation is 1. The minimum Gasteiger partial charge on any atom is -0.488 e. The van der Waals surface area contributed by atoms with E-state index >= 15 is 0 Å². The van der Waals surface area contributed by atoms with Crippen LogP contribution in [0.1, 0.15) is 16.7 Å². The highest BCUT2D eigenvalue weighted by Gasteiger charge is 2.31. The number of ether oxygens (including phenoxy) is 1. The van der Waals surface area contributed by atoms with Crippen LogP contribution < -0.4 is 4.74 Å². The maximum atomic E-state index is 12.6. The number of thiocarbonyl (C=S) groups is 1. The molecule has 3 nitrogen and oxygen atoms in total. The number of benzene rings is 2. The van der Waals surface area contributed by atoms with Crippen molar-refractivity contribution in [1.82, 2.24) is 4.90 Å². The normalized spacial score (nSPS) is 15.5. The Bertz CT molecular complexity index is 940. The minimum absolute atomic E-state index is 0.130. The fourth-order valence-electron chi connectivity index (χ4n) is 2.65. The van der Waals surface area contributed by atoms with Crippen molar-refractivity contribution in [3.8, 4) is 5.75 Å². The predicted molar refractivity (Wildman–Crippen MR) is 117 cm³/mol.